The first-order valence-electron chi connectivity index (χ1n) is 6.23. The van der Waals surface area contributed by atoms with Crippen LogP contribution in [-0.2, 0) is 4.79 Å². The van der Waals surface area contributed by atoms with Gasteiger partial charge in [-0.25, -0.2) is 0 Å². The van der Waals surface area contributed by atoms with Gasteiger partial charge < -0.3 is 16.4 Å². The molecule has 20 heavy (non-hydrogen) atoms. The van der Waals surface area contributed by atoms with E-state index in [9.17, 15) is 9.59 Å². The smallest absolute Gasteiger partial charge is 0.251 e. The zero-order valence-electron chi connectivity index (χ0n) is 12.0. The number of nitrogens with two attached hydrogens (primary N) is 1. The van der Waals surface area contributed by atoms with Crippen molar-refractivity contribution in [3.63, 3.8) is 0 Å². The molecule has 0 saturated heterocycles. The van der Waals surface area contributed by atoms with Gasteiger partial charge in [-0.3, -0.25) is 9.59 Å². The number of rotatable bonds is 4. The first kappa shape index (κ1) is 18.2. The highest BCUT2D eigenvalue weighted by atomic mass is 35.5. The van der Waals surface area contributed by atoms with Crippen LogP contribution in [0.5, 0.6) is 0 Å². The molecule has 6 heteroatoms. The number of hydrogen-bond donors (Lipinski definition) is 3. The van der Waals surface area contributed by atoms with E-state index in [2.05, 4.69) is 10.6 Å². The van der Waals surface area contributed by atoms with E-state index in [1.54, 1.807) is 24.3 Å². The minimum atomic E-state index is -0.419. The molecule has 0 aromatic heterocycles. The molecule has 0 heterocycles. The lowest BCUT2D eigenvalue weighted by Gasteiger charge is -2.17. The summed E-state index contributed by atoms with van der Waals surface area (Å²) in [5.74, 6) is -0.233. The quantitative estimate of drug-likeness (QED) is 0.583. The number of hydrogen-bond acceptors (Lipinski definition) is 3. The van der Waals surface area contributed by atoms with Gasteiger partial charge in [0.2, 0.25) is 5.91 Å². The molecule has 0 bridgehead atoms. The number of carbonyl (C=O) groups is 2. The second-order valence-corrected chi connectivity index (χ2v) is 5.39. The molecular weight excluding hydrogens is 278 g/mol. The van der Waals surface area contributed by atoms with Crippen LogP contribution in [-0.4, -0.2) is 24.9 Å². The largest absolute Gasteiger partial charge is 0.399 e. The Kier molecular flexibility index (Phi) is 7.07. The molecule has 0 aliphatic rings. The number of benzene rings is 1. The zero-order chi connectivity index (χ0) is 14.5. The second kappa shape index (κ2) is 7.75. The van der Waals surface area contributed by atoms with E-state index in [0.717, 1.165) is 0 Å². The Labute approximate surface area is 125 Å². The van der Waals surface area contributed by atoms with Gasteiger partial charge in [-0.15, -0.1) is 12.4 Å². The number of nitrogens with one attached hydrogen (secondary N) is 2. The highest BCUT2D eigenvalue weighted by Crippen LogP contribution is 2.11. The molecule has 0 fully saturated rings. The molecule has 1 aromatic rings. The molecule has 1 rings (SSSR count). The lowest BCUT2D eigenvalue weighted by atomic mass is 9.96. The van der Waals surface area contributed by atoms with Gasteiger partial charge in [-0.05, 0) is 18.2 Å². The van der Waals surface area contributed by atoms with Gasteiger partial charge in [0, 0.05) is 29.8 Å². The van der Waals surface area contributed by atoms with Crippen LogP contribution in [0.15, 0.2) is 24.3 Å². The van der Waals surface area contributed by atoms with Gasteiger partial charge in [0.25, 0.3) is 5.91 Å². The topological polar surface area (TPSA) is 84.2 Å². The summed E-state index contributed by atoms with van der Waals surface area (Å²) < 4.78 is 0. The fourth-order valence-corrected chi connectivity index (χ4v) is 1.40. The van der Waals surface area contributed by atoms with E-state index in [-0.39, 0.29) is 24.2 Å². The van der Waals surface area contributed by atoms with Gasteiger partial charge in [0.1, 0.15) is 0 Å². The van der Waals surface area contributed by atoms with Crippen molar-refractivity contribution in [1.29, 1.82) is 0 Å². The van der Waals surface area contributed by atoms with E-state index < -0.39 is 5.41 Å². The lowest BCUT2D eigenvalue weighted by Crippen LogP contribution is -2.39. The third-order valence-corrected chi connectivity index (χ3v) is 2.53. The van der Waals surface area contributed by atoms with Crippen LogP contribution < -0.4 is 16.4 Å². The minimum absolute atomic E-state index is 0. The van der Waals surface area contributed by atoms with Gasteiger partial charge in [0.05, 0.1) is 0 Å². The average molecular weight is 300 g/mol. The van der Waals surface area contributed by atoms with E-state index in [0.29, 0.717) is 24.3 Å². The Balaban J connectivity index is 0.00000361. The third-order valence-electron chi connectivity index (χ3n) is 2.53. The van der Waals surface area contributed by atoms with Crippen LogP contribution in [0.3, 0.4) is 0 Å². The highest BCUT2D eigenvalue weighted by molar-refractivity contribution is 5.95. The van der Waals surface area contributed by atoms with E-state index >= 15 is 0 Å². The first-order valence-corrected chi connectivity index (χ1v) is 6.23. The summed E-state index contributed by atoms with van der Waals surface area (Å²) in [6.45, 7) is 6.31. The van der Waals surface area contributed by atoms with Crippen molar-refractivity contribution < 1.29 is 9.59 Å². The fourth-order valence-electron chi connectivity index (χ4n) is 1.40. The molecule has 0 atom stereocenters. The maximum atomic E-state index is 11.8. The molecule has 0 radical (unpaired) electrons. The SMILES string of the molecule is CC(C)(C)C(=O)NCCNC(=O)c1cccc(N)c1.Cl. The monoisotopic (exact) mass is 299 g/mol. The van der Waals surface area contributed by atoms with Crippen molar-refractivity contribution in [2.45, 2.75) is 20.8 Å². The molecule has 0 aliphatic carbocycles. The predicted molar refractivity (Wildman–Crippen MR) is 82.9 cm³/mol. The zero-order valence-corrected chi connectivity index (χ0v) is 12.8. The summed E-state index contributed by atoms with van der Waals surface area (Å²) >= 11 is 0. The lowest BCUT2D eigenvalue weighted by molar-refractivity contribution is -0.128. The van der Waals surface area contributed by atoms with Gasteiger partial charge in [0.15, 0.2) is 0 Å². The van der Waals surface area contributed by atoms with Crippen LogP contribution in [0.25, 0.3) is 0 Å². The molecule has 5 nitrogen and oxygen atoms in total. The van der Waals surface area contributed by atoms with E-state index in [4.69, 9.17) is 5.73 Å². The van der Waals surface area contributed by atoms with Crippen LogP contribution in [0.2, 0.25) is 0 Å². The molecule has 0 saturated carbocycles. The maximum Gasteiger partial charge on any atom is 0.251 e. The Bertz CT molecular complexity index is 470. The van der Waals surface area contributed by atoms with Crippen LogP contribution in [0, 0.1) is 5.41 Å². The van der Waals surface area contributed by atoms with Gasteiger partial charge >= 0.3 is 0 Å². The van der Waals surface area contributed by atoms with Crippen LogP contribution in [0.1, 0.15) is 31.1 Å². The highest BCUT2D eigenvalue weighted by Gasteiger charge is 2.20. The Morgan fingerprint density at radius 3 is 2.30 bits per heavy atom. The van der Waals surface area contributed by atoms with Crippen LogP contribution >= 0.6 is 12.4 Å². The second-order valence-electron chi connectivity index (χ2n) is 5.39. The van der Waals surface area contributed by atoms with Crippen molar-refractivity contribution in [3.8, 4) is 0 Å². The standard InChI is InChI=1S/C14H21N3O2.ClH/c1-14(2,3)13(19)17-8-7-16-12(18)10-5-4-6-11(15)9-10;/h4-6,9H,7-8,15H2,1-3H3,(H,16,18)(H,17,19);1H. The molecular formula is C14H22ClN3O2. The van der Waals surface area contributed by atoms with Crippen molar-refractivity contribution in [3.05, 3.63) is 29.8 Å². The number of halogens is 1. The maximum absolute atomic E-state index is 11.8. The molecule has 4 N–H and O–H groups in total. The molecule has 0 aliphatic heterocycles. The molecule has 1 aromatic carbocycles. The van der Waals surface area contributed by atoms with Crippen molar-refractivity contribution in [2.75, 3.05) is 18.8 Å². The number of anilines is 1. The summed E-state index contributed by atoms with van der Waals surface area (Å²) in [6.07, 6.45) is 0. The summed E-state index contributed by atoms with van der Waals surface area (Å²) in [7, 11) is 0. The van der Waals surface area contributed by atoms with Crippen molar-refractivity contribution in [1.82, 2.24) is 10.6 Å². The van der Waals surface area contributed by atoms with Crippen LogP contribution in [0.4, 0.5) is 5.69 Å². The van der Waals surface area contributed by atoms with E-state index in [1.807, 2.05) is 20.8 Å². The van der Waals surface area contributed by atoms with Gasteiger partial charge in [-0.2, -0.15) is 0 Å². The number of amides is 2. The summed E-state index contributed by atoms with van der Waals surface area (Å²) in [5, 5.41) is 5.49. The normalized spacial score (nSPS) is 10.3. The average Bonchev–Trinajstić information content (AvgIpc) is 2.32. The van der Waals surface area contributed by atoms with Gasteiger partial charge in [-0.1, -0.05) is 26.8 Å². The molecule has 2 amide bonds. The van der Waals surface area contributed by atoms with Crippen molar-refractivity contribution >= 4 is 29.9 Å². The fraction of sp³-hybridized carbons (Fsp3) is 0.429. The van der Waals surface area contributed by atoms with E-state index in [1.165, 1.54) is 0 Å². The third kappa shape index (κ3) is 5.93. The number of carbonyl (C=O) groups excluding carboxylic acids is 2. The summed E-state index contributed by atoms with van der Waals surface area (Å²) in [5.41, 5.74) is 6.25. The minimum Gasteiger partial charge on any atom is -0.399 e. The first-order chi connectivity index (χ1) is 8.80. The Hall–Kier alpha value is -1.75. The van der Waals surface area contributed by atoms with Crippen molar-refractivity contribution in [2.24, 2.45) is 5.41 Å². The summed E-state index contributed by atoms with van der Waals surface area (Å²) in [6, 6.07) is 6.76. The molecule has 0 spiro atoms. The number of nitrogen functional groups attached to an aromatic ring is 1. The Morgan fingerprint density at radius 1 is 1.15 bits per heavy atom. The molecule has 112 valence electrons. The molecule has 0 unspecified atom stereocenters. The predicted octanol–water partition coefficient (Wildman–Crippen LogP) is 1.58. The summed E-state index contributed by atoms with van der Waals surface area (Å²) in [4.78, 5) is 23.3. The Morgan fingerprint density at radius 2 is 1.75 bits per heavy atom.